The summed E-state index contributed by atoms with van der Waals surface area (Å²) in [5.74, 6) is -0.794. The molecule has 0 spiro atoms. The molecular formula is C24H28ClNO6. The first-order chi connectivity index (χ1) is 15.3. The van der Waals surface area contributed by atoms with Crippen LogP contribution in [0.2, 0.25) is 5.02 Å². The predicted molar refractivity (Wildman–Crippen MR) is 120 cm³/mol. The van der Waals surface area contributed by atoms with Crippen molar-refractivity contribution in [1.29, 1.82) is 0 Å². The monoisotopic (exact) mass is 461 g/mol. The first-order valence-electron chi connectivity index (χ1n) is 10.9. The van der Waals surface area contributed by atoms with Gasteiger partial charge >= 0.3 is 5.97 Å². The standard InChI is InChI=1S/C24H28ClNO6/c1-14(2)22-7-15-3-4-17(25)8-19(15)20-10-23(27)26(11-16(20)12-32-22)21(24(28)29)9-18-13-30-5-6-31-18/h3-4,8,10-11,14,18,21-22H,5-7,9,12-13H2,1-2H3,(H,28,29)/t18-,21?,22?/m1/s1. The minimum Gasteiger partial charge on any atom is -0.480 e. The Kier molecular flexibility index (Phi) is 7.00. The fourth-order valence-electron chi connectivity index (χ4n) is 4.33. The van der Waals surface area contributed by atoms with Gasteiger partial charge in [-0.1, -0.05) is 31.5 Å². The average Bonchev–Trinajstić information content (AvgIpc) is 2.75. The van der Waals surface area contributed by atoms with Crippen molar-refractivity contribution in [2.24, 2.45) is 5.92 Å². The number of carboxylic acid groups (broad SMARTS) is 1. The fraction of sp³-hybridized carbons (Fsp3) is 0.500. The molecule has 1 fully saturated rings. The molecule has 0 radical (unpaired) electrons. The number of nitrogens with zero attached hydrogens (tertiary/aromatic N) is 1. The van der Waals surface area contributed by atoms with Crippen LogP contribution in [0.1, 0.15) is 37.4 Å². The van der Waals surface area contributed by atoms with E-state index in [1.807, 2.05) is 18.2 Å². The van der Waals surface area contributed by atoms with E-state index in [1.54, 1.807) is 6.20 Å². The molecule has 0 aliphatic carbocycles. The zero-order valence-electron chi connectivity index (χ0n) is 18.3. The Balaban J connectivity index is 1.78. The highest BCUT2D eigenvalue weighted by Crippen LogP contribution is 2.34. The topological polar surface area (TPSA) is 87.0 Å². The first-order valence-corrected chi connectivity index (χ1v) is 11.3. The molecule has 8 heteroatoms. The van der Waals surface area contributed by atoms with Crippen LogP contribution in [0.4, 0.5) is 0 Å². The third kappa shape index (κ3) is 4.91. The van der Waals surface area contributed by atoms with Gasteiger partial charge in [0.2, 0.25) is 0 Å². The summed E-state index contributed by atoms with van der Waals surface area (Å²) in [6, 6.07) is 6.11. The van der Waals surface area contributed by atoms with Crippen molar-refractivity contribution >= 4 is 17.6 Å². The van der Waals surface area contributed by atoms with Gasteiger partial charge in [-0.25, -0.2) is 4.79 Å². The lowest BCUT2D eigenvalue weighted by molar-refractivity contribution is -0.145. The van der Waals surface area contributed by atoms with E-state index in [4.69, 9.17) is 25.8 Å². The number of hydrogen-bond acceptors (Lipinski definition) is 5. The number of rotatable bonds is 5. The summed E-state index contributed by atoms with van der Waals surface area (Å²) in [6.45, 7) is 5.71. The Hall–Kier alpha value is -2.19. The number of aliphatic carboxylic acids is 1. The van der Waals surface area contributed by atoms with E-state index in [2.05, 4.69) is 13.8 Å². The first kappa shape index (κ1) is 23.0. The summed E-state index contributed by atoms with van der Waals surface area (Å²) in [7, 11) is 0. The molecule has 172 valence electrons. The van der Waals surface area contributed by atoms with Gasteiger partial charge in [0, 0.05) is 29.3 Å². The lowest BCUT2D eigenvalue weighted by atomic mass is 9.89. The van der Waals surface area contributed by atoms with Crippen LogP contribution in [0.25, 0.3) is 11.1 Å². The number of fused-ring (bicyclic) bond motifs is 3. The second-order valence-corrected chi connectivity index (χ2v) is 9.15. The van der Waals surface area contributed by atoms with Crippen molar-refractivity contribution in [3.63, 3.8) is 0 Å². The van der Waals surface area contributed by atoms with Gasteiger partial charge in [0.25, 0.3) is 5.56 Å². The number of pyridine rings is 1. The van der Waals surface area contributed by atoms with Crippen LogP contribution in [-0.2, 0) is 32.0 Å². The summed E-state index contributed by atoms with van der Waals surface area (Å²) < 4.78 is 18.5. The van der Waals surface area contributed by atoms with Crippen molar-refractivity contribution in [2.75, 3.05) is 19.8 Å². The highest BCUT2D eigenvalue weighted by Gasteiger charge is 2.29. The Morgan fingerprint density at radius 3 is 2.66 bits per heavy atom. The lowest BCUT2D eigenvalue weighted by Gasteiger charge is -2.29. The third-order valence-corrected chi connectivity index (χ3v) is 6.37. The molecule has 2 aliphatic rings. The van der Waals surface area contributed by atoms with Crippen molar-refractivity contribution in [3.8, 4) is 11.1 Å². The highest BCUT2D eigenvalue weighted by atomic mass is 35.5. The van der Waals surface area contributed by atoms with Crippen LogP contribution in [0.15, 0.2) is 35.3 Å². The fourth-order valence-corrected chi connectivity index (χ4v) is 4.51. The van der Waals surface area contributed by atoms with E-state index in [0.717, 1.165) is 22.3 Å². The largest absolute Gasteiger partial charge is 0.480 e. The summed E-state index contributed by atoms with van der Waals surface area (Å²) in [6.07, 6.45) is 2.09. The molecule has 3 heterocycles. The number of halogens is 1. The second kappa shape index (κ2) is 9.75. The summed E-state index contributed by atoms with van der Waals surface area (Å²) in [4.78, 5) is 25.2. The molecule has 2 unspecified atom stereocenters. The maximum absolute atomic E-state index is 13.1. The number of hydrogen-bond donors (Lipinski definition) is 1. The zero-order chi connectivity index (χ0) is 22.8. The van der Waals surface area contributed by atoms with Crippen molar-refractivity contribution in [3.05, 3.63) is 57.0 Å². The molecule has 1 aromatic carbocycles. The van der Waals surface area contributed by atoms with E-state index >= 15 is 0 Å². The predicted octanol–water partition coefficient (Wildman–Crippen LogP) is 3.70. The lowest BCUT2D eigenvalue weighted by Crippen LogP contribution is -2.37. The minimum atomic E-state index is -1.09. The molecule has 0 saturated carbocycles. The van der Waals surface area contributed by atoms with Crippen molar-refractivity contribution in [2.45, 2.75) is 51.5 Å². The Morgan fingerprint density at radius 2 is 1.97 bits per heavy atom. The number of ether oxygens (including phenoxy) is 3. The third-order valence-electron chi connectivity index (χ3n) is 6.13. The number of carbonyl (C=O) groups is 1. The minimum absolute atomic E-state index is 0.00786. The van der Waals surface area contributed by atoms with E-state index < -0.39 is 12.0 Å². The van der Waals surface area contributed by atoms with Gasteiger partial charge in [-0.3, -0.25) is 4.79 Å². The molecule has 1 aromatic heterocycles. The Bertz CT molecular complexity index is 1040. The number of aromatic nitrogens is 1. The van der Waals surface area contributed by atoms with Crippen LogP contribution >= 0.6 is 11.6 Å². The molecule has 1 saturated heterocycles. The smallest absolute Gasteiger partial charge is 0.326 e. The highest BCUT2D eigenvalue weighted by molar-refractivity contribution is 6.30. The summed E-state index contributed by atoms with van der Waals surface area (Å²) >= 11 is 6.29. The van der Waals surface area contributed by atoms with Crippen LogP contribution < -0.4 is 5.56 Å². The molecule has 2 aliphatic heterocycles. The van der Waals surface area contributed by atoms with E-state index in [0.29, 0.717) is 37.2 Å². The van der Waals surface area contributed by atoms with Crippen molar-refractivity contribution < 1.29 is 24.1 Å². The van der Waals surface area contributed by atoms with Gasteiger partial charge in [0.1, 0.15) is 6.04 Å². The van der Waals surface area contributed by atoms with Gasteiger partial charge in [-0.15, -0.1) is 0 Å². The van der Waals surface area contributed by atoms with Crippen LogP contribution in [0, 0.1) is 5.92 Å². The quantitative estimate of drug-likeness (QED) is 0.730. The molecule has 32 heavy (non-hydrogen) atoms. The van der Waals surface area contributed by atoms with Crippen LogP contribution in [-0.4, -0.2) is 47.7 Å². The molecule has 1 N–H and O–H groups in total. The van der Waals surface area contributed by atoms with Gasteiger partial charge in [0.15, 0.2) is 0 Å². The maximum Gasteiger partial charge on any atom is 0.326 e. The Morgan fingerprint density at radius 1 is 1.19 bits per heavy atom. The van der Waals surface area contributed by atoms with E-state index in [1.165, 1.54) is 10.6 Å². The van der Waals surface area contributed by atoms with Crippen molar-refractivity contribution in [1.82, 2.24) is 4.57 Å². The van der Waals surface area contributed by atoms with Gasteiger partial charge in [-0.05, 0) is 41.2 Å². The second-order valence-electron chi connectivity index (χ2n) is 8.71. The molecule has 2 aromatic rings. The Labute approximate surface area is 191 Å². The molecule has 0 amide bonds. The van der Waals surface area contributed by atoms with Gasteiger partial charge in [0.05, 0.1) is 38.6 Å². The van der Waals surface area contributed by atoms with Crippen LogP contribution in [0.5, 0.6) is 0 Å². The van der Waals surface area contributed by atoms with E-state index in [-0.39, 0.29) is 30.8 Å². The molecule has 4 rings (SSSR count). The average molecular weight is 462 g/mol. The SMILES string of the molecule is CC(C)C1Cc2ccc(Cl)cc2-c2cc(=O)n(C(C[C@@H]3COCCO3)C(=O)O)cc2CO1. The molecule has 3 atom stereocenters. The molecule has 0 bridgehead atoms. The summed E-state index contributed by atoms with van der Waals surface area (Å²) in [5.41, 5.74) is 3.04. The maximum atomic E-state index is 13.1. The number of benzene rings is 1. The molecular weight excluding hydrogens is 434 g/mol. The summed E-state index contributed by atoms with van der Waals surface area (Å²) in [5, 5.41) is 10.5. The van der Waals surface area contributed by atoms with Gasteiger partial charge < -0.3 is 23.9 Å². The van der Waals surface area contributed by atoms with Gasteiger partial charge in [-0.2, -0.15) is 0 Å². The normalized spacial score (nSPS) is 21.9. The van der Waals surface area contributed by atoms with E-state index in [9.17, 15) is 14.7 Å². The zero-order valence-corrected chi connectivity index (χ0v) is 19.0. The van der Waals surface area contributed by atoms with Crippen LogP contribution in [0.3, 0.4) is 0 Å². The number of carboxylic acids is 1. The molecule has 7 nitrogen and oxygen atoms in total.